The number of likely N-dealkylation sites (N-methyl/N-ethyl adjacent to an activating group) is 1. The van der Waals surface area contributed by atoms with Crippen LogP contribution in [0, 0.1) is 0 Å². The largest absolute Gasteiger partial charge is 0.488 e. The number of para-hydroxylation sites is 1. The smallest absolute Gasteiger partial charge is 0.123 e. The van der Waals surface area contributed by atoms with Crippen LogP contribution in [0.4, 0.5) is 0 Å². The van der Waals surface area contributed by atoms with Crippen molar-refractivity contribution in [2.24, 2.45) is 0 Å². The van der Waals surface area contributed by atoms with Gasteiger partial charge in [0.05, 0.1) is 9.83 Å². The summed E-state index contributed by atoms with van der Waals surface area (Å²) in [4.78, 5) is 1.31. The van der Waals surface area contributed by atoms with Crippen LogP contribution in [0.15, 0.2) is 40.2 Å². The lowest BCUT2D eigenvalue weighted by atomic mass is 10.0. The van der Waals surface area contributed by atoms with Gasteiger partial charge in [0.2, 0.25) is 0 Å². The highest BCUT2D eigenvalue weighted by Gasteiger charge is 2.31. The number of nitrogens with one attached hydrogen (secondary N) is 1. The van der Waals surface area contributed by atoms with Crippen LogP contribution in [0.2, 0.25) is 0 Å². The Balaban J connectivity index is 1.83. The fourth-order valence-corrected chi connectivity index (χ4v) is 3.99. The third-order valence-corrected chi connectivity index (χ3v) is 4.96. The van der Waals surface area contributed by atoms with Crippen molar-refractivity contribution >= 4 is 27.3 Å². The van der Waals surface area contributed by atoms with Gasteiger partial charge in [-0.25, -0.2) is 0 Å². The lowest BCUT2D eigenvalue weighted by molar-refractivity contribution is 0.185. The zero-order chi connectivity index (χ0) is 12.5. The minimum Gasteiger partial charge on any atom is -0.488 e. The van der Waals surface area contributed by atoms with E-state index in [-0.39, 0.29) is 12.1 Å². The van der Waals surface area contributed by atoms with E-state index in [0.29, 0.717) is 0 Å². The fourth-order valence-electron chi connectivity index (χ4n) is 2.40. The average Bonchev–Trinajstić information content (AvgIpc) is 2.96. The van der Waals surface area contributed by atoms with E-state index in [4.69, 9.17) is 4.74 Å². The lowest BCUT2D eigenvalue weighted by Gasteiger charge is -2.21. The summed E-state index contributed by atoms with van der Waals surface area (Å²) in [5.74, 6) is 1.03. The molecule has 0 saturated carbocycles. The molecule has 0 spiro atoms. The molecular weight excluding hydrogens is 310 g/mol. The molecule has 1 N–H and O–H groups in total. The molecule has 0 aliphatic carbocycles. The number of hydrogen-bond acceptors (Lipinski definition) is 3. The maximum atomic E-state index is 6.05. The topological polar surface area (TPSA) is 21.3 Å². The molecule has 1 aliphatic rings. The van der Waals surface area contributed by atoms with Crippen LogP contribution >= 0.6 is 27.3 Å². The first-order valence-corrected chi connectivity index (χ1v) is 7.56. The molecule has 2 heterocycles. The standard InChI is InChI=1S/C14H14BrNOS/c1-16-14(12-6-7-13(15)18-12)11-8-9-4-2-3-5-10(9)17-11/h2-7,11,14,16H,8H2,1H3. The number of ether oxygens (including phenoxy) is 1. The van der Waals surface area contributed by atoms with E-state index in [1.807, 2.05) is 19.2 Å². The number of fused-ring (bicyclic) bond motifs is 1. The van der Waals surface area contributed by atoms with E-state index >= 15 is 0 Å². The molecule has 0 saturated heterocycles. The van der Waals surface area contributed by atoms with E-state index in [2.05, 4.69) is 45.5 Å². The molecule has 0 bridgehead atoms. The molecule has 2 atom stereocenters. The van der Waals surface area contributed by atoms with E-state index < -0.39 is 0 Å². The summed E-state index contributed by atoms with van der Waals surface area (Å²) in [5, 5.41) is 3.37. The van der Waals surface area contributed by atoms with Crippen LogP contribution in [0.5, 0.6) is 5.75 Å². The molecule has 1 aliphatic heterocycles. The van der Waals surface area contributed by atoms with Gasteiger partial charge in [0.1, 0.15) is 11.9 Å². The summed E-state index contributed by atoms with van der Waals surface area (Å²) < 4.78 is 7.21. The Bertz CT molecular complexity index is 529. The highest BCUT2D eigenvalue weighted by Crippen LogP contribution is 2.36. The lowest BCUT2D eigenvalue weighted by Crippen LogP contribution is -2.32. The number of rotatable bonds is 3. The van der Waals surface area contributed by atoms with Gasteiger partial charge in [-0.2, -0.15) is 0 Å². The second-order valence-corrected chi connectivity index (χ2v) is 6.87. The Labute approximate surface area is 119 Å². The van der Waals surface area contributed by atoms with Crippen molar-refractivity contribution in [3.8, 4) is 5.75 Å². The maximum absolute atomic E-state index is 6.05. The van der Waals surface area contributed by atoms with Crippen LogP contribution in [0.1, 0.15) is 16.5 Å². The number of benzene rings is 1. The number of thiophene rings is 1. The van der Waals surface area contributed by atoms with Gasteiger partial charge in [-0.15, -0.1) is 11.3 Å². The first-order valence-electron chi connectivity index (χ1n) is 5.95. The molecule has 0 fully saturated rings. The minimum atomic E-state index is 0.179. The normalized spacial score (nSPS) is 19.3. The van der Waals surface area contributed by atoms with Crippen LogP contribution in [0.25, 0.3) is 0 Å². The van der Waals surface area contributed by atoms with Crippen molar-refractivity contribution in [2.75, 3.05) is 7.05 Å². The summed E-state index contributed by atoms with van der Waals surface area (Å²) in [5.41, 5.74) is 1.30. The van der Waals surface area contributed by atoms with Crippen LogP contribution < -0.4 is 10.1 Å². The molecule has 3 rings (SSSR count). The van der Waals surface area contributed by atoms with E-state index in [1.54, 1.807) is 11.3 Å². The third kappa shape index (κ3) is 2.20. The SMILES string of the molecule is CNC(c1ccc(Br)s1)C1Cc2ccccc2O1. The molecule has 0 radical (unpaired) electrons. The van der Waals surface area contributed by atoms with Gasteiger partial charge in [0.15, 0.2) is 0 Å². The van der Waals surface area contributed by atoms with Crippen molar-refractivity contribution in [3.05, 3.63) is 50.6 Å². The van der Waals surface area contributed by atoms with E-state index in [0.717, 1.165) is 16.0 Å². The molecule has 1 aromatic carbocycles. The summed E-state index contributed by atoms with van der Waals surface area (Å²) in [6.07, 6.45) is 1.15. The molecule has 18 heavy (non-hydrogen) atoms. The number of halogens is 1. The van der Waals surface area contributed by atoms with Gasteiger partial charge in [-0.05, 0) is 46.7 Å². The van der Waals surface area contributed by atoms with Crippen molar-refractivity contribution in [1.29, 1.82) is 0 Å². The Kier molecular flexibility index (Phi) is 3.41. The van der Waals surface area contributed by atoms with Crippen molar-refractivity contribution in [3.63, 3.8) is 0 Å². The second-order valence-electron chi connectivity index (χ2n) is 4.38. The quantitative estimate of drug-likeness (QED) is 0.928. The highest BCUT2D eigenvalue weighted by atomic mass is 79.9. The molecule has 0 amide bonds. The van der Waals surface area contributed by atoms with Crippen LogP contribution in [-0.4, -0.2) is 13.2 Å². The van der Waals surface area contributed by atoms with Crippen LogP contribution in [0.3, 0.4) is 0 Å². The first-order chi connectivity index (χ1) is 8.78. The molecule has 94 valence electrons. The van der Waals surface area contributed by atoms with E-state index in [1.165, 1.54) is 10.4 Å². The fraction of sp³-hybridized carbons (Fsp3) is 0.286. The number of hydrogen-bond donors (Lipinski definition) is 1. The monoisotopic (exact) mass is 323 g/mol. The zero-order valence-electron chi connectivity index (χ0n) is 10.0. The zero-order valence-corrected chi connectivity index (χ0v) is 12.4. The molecule has 4 heteroatoms. The highest BCUT2D eigenvalue weighted by molar-refractivity contribution is 9.11. The Hall–Kier alpha value is -0.840. The first kappa shape index (κ1) is 12.2. The summed E-state index contributed by atoms with van der Waals surface area (Å²) in [6.45, 7) is 0. The van der Waals surface area contributed by atoms with Gasteiger partial charge in [0.25, 0.3) is 0 Å². The van der Waals surface area contributed by atoms with Crippen LogP contribution in [-0.2, 0) is 6.42 Å². The minimum absolute atomic E-state index is 0.179. The Morgan fingerprint density at radius 3 is 2.83 bits per heavy atom. The predicted octanol–water partition coefficient (Wildman–Crippen LogP) is 3.77. The summed E-state index contributed by atoms with van der Waals surface area (Å²) in [7, 11) is 1.99. The molecule has 1 aromatic heterocycles. The third-order valence-electron chi connectivity index (χ3n) is 3.26. The maximum Gasteiger partial charge on any atom is 0.123 e. The van der Waals surface area contributed by atoms with Crippen molar-refractivity contribution < 1.29 is 4.74 Å². The molecule has 2 unspecified atom stereocenters. The predicted molar refractivity (Wildman–Crippen MR) is 78.4 cm³/mol. The second kappa shape index (κ2) is 5.03. The van der Waals surface area contributed by atoms with Gasteiger partial charge in [-0.3, -0.25) is 0 Å². The average molecular weight is 324 g/mol. The van der Waals surface area contributed by atoms with Gasteiger partial charge in [-0.1, -0.05) is 18.2 Å². The van der Waals surface area contributed by atoms with Gasteiger partial charge in [0, 0.05) is 11.3 Å². The Morgan fingerprint density at radius 2 is 2.17 bits per heavy atom. The van der Waals surface area contributed by atoms with Gasteiger partial charge < -0.3 is 10.1 Å². The molecule has 2 aromatic rings. The molecule has 2 nitrogen and oxygen atoms in total. The van der Waals surface area contributed by atoms with E-state index in [9.17, 15) is 0 Å². The van der Waals surface area contributed by atoms with Gasteiger partial charge >= 0.3 is 0 Å². The van der Waals surface area contributed by atoms with Crippen molar-refractivity contribution in [2.45, 2.75) is 18.6 Å². The van der Waals surface area contributed by atoms with Crippen molar-refractivity contribution in [1.82, 2.24) is 5.32 Å². The summed E-state index contributed by atoms with van der Waals surface area (Å²) >= 11 is 5.28. The Morgan fingerprint density at radius 1 is 1.33 bits per heavy atom. The molecular formula is C14H14BrNOS. The summed E-state index contributed by atoms with van der Waals surface area (Å²) in [6, 6.07) is 12.8.